The molecule has 4 heteroatoms. The van der Waals surface area contributed by atoms with Gasteiger partial charge in [-0.2, -0.15) is 5.26 Å². The van der Waals surface area contributed by atoms with Crippen molar-refractivity contribution in [2.45, 2.75) is 32.6 Å². The maximum atomic E-state index is 12.2. The summed E-state index contributed by atoms with van der Waals surface area (Å²) in [5.74, 6) is 0.651. The molecule has 0 bridgehead atoms. The van der Waals surface area contributed by atoms with E-state index in [9.17, 15) is 4.79 Å². The van der Waals surface area contributed by atoms with Crippen LogP contribution in [0, 0.1) is 23.2 Å². The van der Waals surface area contributed by atoms with Crippen molar-refractivity contribution in [3.05, 3.63) is 0 Å². The summed E-state index contributed by atoms with van der Waals surface area (Å²) in [5.41, 5.74) is 5.68. The quantitative estimate of drug-likeness (QED) is 0.759. The fraction of sp³-hybridized carbons (Fsp3) is 0.833. The number of hydrogen-bond acceptors (Lipinski definition) is 3. The van der Waals surface area contributed by atoms with Gasteiger partial charge in [0, 0.05) is 19.0 Å². The summed E-state index contributed by atoms with van der Waals surface area (Å²) in [4.78, 5) is 14.0. The van der Waals surface area contributed by atoms with Gasteiger partial charge in [0.15, 0.2) is 0 Å². The lowest BCUT2D eigenvalue weighted by molar-refractivity contribution is -0.136. The van der Waals surface area contributed by atoms with Gasteiger partial charge in [-0.3, -0.25) is 4.79 Å². The Morgan fingerprint density at radius 1 is 1.56 bits per heavy atom. The van der Waals surface area contributed by atoms with E-state index >= 15 is 0 Å². The van der Waals surface area contributed by atoms with Crippen LogP contribution < -0.4 is 5.73 Å². The molecular formula is C12H21N3O. The Kier molecular flexibility index (Phi) is 5.27. The van der Waals surface area contributed by atoms with Crippen LogP contribution in [0.2, 0.25) is 0 Å². The minimum absolute atomic E-state index is 0.101. The van der Waals surface area contributed by atoms with Crippen LogP contribution >= 0.6 is 0 Å². The smallest absolute Gasteiger partial charge is 0.226 e. The van der Waals surface area contributed by atoms with E-state index in [0.29, 0.717) is 32.0 Å². The lowest BCUT2D eigenvalue weighted by Crippen LogP contribution is -2.39. The highest BCUT2D eigenvalue weighted by atomic mass is 16.2. The summed E-state index contributed by atoms with van der Waals surface area (Å²) in [5, 5.41) is 8.55. The molecule has 1 saturated carbocycles. The first-order chi connectivity index (χ1) is 7.74. The average Bonchev–Trinajstić information content (AvgIpc) is 2.77. The highest BCUT2D eigenvalue weighted by Gasteiger charge is 2.33. The van der Waals surface area contributed by atoms with Crippen molar-refractivity contribution < 1.29 is 4.79 Å². The highest BCUT2D eigenvalue weighted by molar-refractivity contribution is 5.79. The predicted octanol–water partition coefficient (Wildman–Crippen LogP) is 1.12. The number of nitriles is 1. The lowest BCUT2D eigenvalue weighted by Gasteiger charge is -2.26. The molecule has 1 aliphatic rings. The summed E-state index contributed by atoms with van der Waals surface area (Å²) in [6.45, 7) is 3.81. The topological polar surface area (TPSA) is 70.1 Å². The van der Waals surface area contributed by atoms with E-state index in [1.807, 2.05) is 6.92 Å². The predicted molar refractivity (Wildman–Crippen MR) is 62.4 cm³/mol. The molecule has 0 heterocycles. The van der Waals surface area contributed by atoms with Gasteiger partial charge in [0.05, 0.1) is 12.5 Å². The third-order valence-corrected chi connectivity index (χ3v) is 3.47. The van der Waals surface area contributed by atoms with Crippen molar-refractivity contribution in [1.82, 2.24) is 4.90 Å². The molecule has 0 radical (unpaired) electrons. The van der Waals surface area contributed by atoms with Crippen LogP contribution in [0.15, 0.2) is 0 Å². The van der Waals surface area contributed by atoms with Gasteiger partial charge in [0.2, 0.25) is 5.91 Å². The summed E-state index contributed by atoms with van der Waals surface area (Å²) >= 11 is 0. The van der Waals surface area contributed by atoms with Gasteiger partial charge < -0.3 is 10.6 Å². The Bertz CT molecular complexity index is 272. The van der Waals surface area contributed by atoms with Gasteiger partial charge in [-0.05, 0) is 32.2 Å². The number of carbonyl (C=O) groups is 1. The summed E-state index contributed by atoms with van der Waals surface area (Å²) in [7, 11) is 0. The number of amides is 1. The van der Waals surface area contributed by atoms with Crippen molar-refractivity contribution in [3.63, 3.8) is 0 Å². The normalized spacial score (nSPS) is 24.1. The molecule has 0 aromatic rings. The molecule has 1 aliphatic carbocycles. The zero-order valence-corrected chi connectivity index (χ0v) is 9.98. The Hall–Kier alpha value is -1.08. The van der Waals surface area contributed by atoms with Crippen LogP contribution in [0.25, 0.3) is 0 Å². The SMILES string of the molecule is CCN(CCC#N)C(=O)C1CCCC1CN. The molecule has 1 fully saturated rings. The van der Waals surface area contributed by atoms with E-state index < -0.39 is 0 Å². The first kappa shape index (κ1) is 13.0. The second-order valence-corrected chi connectivity index (χ2v) is 4.36. The van der Waals surface area contributed by atoms with Gasteiger partial charge in [-0.25, -0.2) is 0 Å². The number of carbonyl (C=O) groups excluding carboxylic acids is 1. The molecule has 90 valence electrons. The first-order valence-corrected chi connectivity index (χ1v) is 6.10. The monoisotopic (exact) mass is 223 g/mol. The van der Waals surface area contributed by atoms with Crippen LogP contribution in [0.3, 0.4) is 0 Å². The zero-order chi connectivity index (χ0) is 12.0. The Morgan fingerprint density at radius 3 is 2.88 bits per heavy atom. The maximum Gasteiger partial charge on any atom is 0.226 e. The van der Waals surface area contributed by atoms with Gasteiger partial charge in [0.25, 0.3) is 0 Å². The maximum absolute atomic E-state index is 12.2. The second kappa shape index (κ2) is 6.49. The Labute approximate surface area is 97.4 Å². The number of nitrogens with zero attached hydrogens (tertiary/aromatic N) is 2. The molecule has 0 saturated heterocycles. The van der Waals surface area contributed by atoms with Crippen LogP contribution in [0.4, 0.5) is 0 Å². The van der Waals surface area contributed by atoms with Gasteiger partial charge in [-0.15, -0.1) is 0 Å². The molecule has 2 unspecified atom stereocenters. The highest BCUT2D eigenvalue weighted by Crippen LogP contribution is 2.32. The van der Waals surface area contributed by atoms with Gasteiger partial charge in [-0.1, -0.05) is 6.42 Å². The van der Waals surface area contributed by atoms with Crippen molar-refractivity contribution in [2.24, 2.45) is 17.6 Å². The molecule has 1 rings (SSSR count). The van der Waals surface area contributed by atoms with Crippen molar-refractivity contribution in [1.29, 1.82) is 5.26 Å². The van der Waals surface area contributed by atoms with Crippen LogP contribution in [0.5, 0.6) is 0 Å². The third kappa shape index (κ3) is 2.96. The van der Waals surface area contributed by atoms with Crippen molar-refractivity contribution in [2.75, 3.05) is 19.6 Å². The Morgan fingerprint density at radius 2 is 2.31 bits per heavy atom. The molecule has 2 N–H and O–H groups in total. The summed E-state index contributed by atoms with van der Waals surface area (Å²) in [6, 6.07) is 2.08. The number of hydrogen-bond donors (Lipinski definition) is 1. The van der Waals surface area contributed by atoms with Crippen molar-refractivity contribution in [3.8, 4) is 6.07 Å². The molecular weight excluding hydrogens is 202 g/mol. The molecule has 1 amide bonds. The molecule has 0 aromatic heterocycles. The van der Waals surface area contributed by atoms with Crippen molar-refractivity contribution >= 4 is 5.91 Å². The van der Waals surface area contributed by atoms with Crippen LogP contribution in [-0.4, -0.2) is 30.4 Å². The molecule has 2 atom stereocenters. The van der Waals surface area contributed by atoms with E-state index in [1.54, 1.807) is 4.90 Å². The summed E-state index contributed by atoms with van der Waals surface area (Å²) < 4.78 is 0. The van der Waals surface area contributed by atoms with E-state index in [0.717, 1.165) is 19.3 Å². The van der Waals surface area contributed by atoms with Crippen LogP contribution in [-0.2, 0) is 4.79 Å². The van der Waals surface area contributed by atoms with E-state index in [4.69, 9.17) is 11.0 Å². The van der Waals surface area contributed by atoms with E-state index in [1.165, 1.54) is 0 Å². The molecule has 0 aromatic carbocycles. The first-order valence-electron chi connectivity index (χ1n) is 6.10. The molecule has 4 nitrogen and oxygen atoms in total. The standard InChI is InChI=1S/C12H21N3O/c1-2-15(8-4-7-13)12(16)11-6-3-5-10(11)9-14/h10-11H,2-6,8-9,14H2,1H3. The summed E-state index contributed by atoms with van der Waals surface area (Å²) in [6.07, 6.45) is 3.56. The largest absolute Gasteiger partial charge is 0.342 e. The lowest BCUT2D eigenvalue weighted by atomic mass is 9.94. The van der Waals surface area contributed by atoms with E-state index in [-0.39, 0.29) is 11.8 Å². The van der Waals surface area contributed by atoms with Gasteiger partial charge >= 0.3 is 0 Å². The van der Waals surface area contributed by atoms with Gasteiger partial charge in [0.1, 0.15) is 0 Å². The number of rotatable bonds is 5. The average molecular weight is 223 g/mol. The third-order valence-electron chi connectivity index (χ3n) is 3.47. The minimum atomic E-state index is 0.101. The zero-order valence-electron chi connectivity index (χ0n) is 9.98. The van der Waals surface area contributed by atoms with Crippen LogP contribution in [0.1, 0.15) is 32.6 Å². The van der Waals surface area contributed by atoms with E-state index in [2.05, 4.69) is 6.07 Å². The minimum Gasteiger partial charge on any atom is -0.342 e. The Balaban J connectivity index is 2.56. The molecule has 0 spiro atoms. The molecule has 0 aliphatic heterocycles. The number of nitrogens with two attached hydrogens (primary N) is 1. The second-order valence-electron chi connectivity index (χ2n) is 4.36. The molecule has 16 heavy (non-hydrogen) atoms. The fourth-order valence-electron chi connectivity index (χ4n) is 2.49. The fourth-order valence-corrected chi connectivity index (χ4v) is 2.49.